The quantitative estimate of drug-likeness (QED) is 0.623. The first kappa shape index (κ1) is 15.4. The second kappa shape index (κ2) is 6.09. The second-order valence-electron chi connectivity index (χ2n) is 6.04. The van der Waals surface area contributed by atoms with E-state index in [1.165, 1.54) is 5.56 Å². The Balaban J connectivity index is 1.65. The molecule has 0 amide bonds. The number of benzene rings is 2. The first-order chi connectivity index (χ1) is 12.1. The molecular formula is C20H17NO4. The Morgan fingerprint density at radius 2 is 1.76 bits per heavy atom. The Hall–Kier alpha value is -3.08. The maximum absolute atomic E-state index is 12.1. The van der Waals surface area contributed by atoms with Crippen LogP contribution < -0.4 is 9.47 Å². The molecule has 2 aromatic carbocycles. The van der Waals surface area contributed by atoms with Crippen molar-refractivity contribution >= 4 is 17.9 Å². The molecule has 5 nitrogen and oxygen atoms in total. The van der Waals surface area contributed by atoms with E-state index < -0.39 is 5.97 Å². The molecule has 0 fully saturated rings. The van der Waals surface area contributed by atoms with Crippen LogP contribution in [0.25, 0.3) is 6.08 Å². The summed E-state index contributed by atoms with van der Waals surface area (Å²) in [6.45, 7) is 5.12. The van der Waals surface area contributed by atoms with E-state index in [0.717, 1.165) is 16.7 Å². The van der Waals surface area contributed by atoms with E-state index in [1.54, 1.807) is 6.08 Å². The van der Waals surface area contributed by atoms with Gasteiger partial charge in [-0.1, -0.05) is 12.1 Å². The van der Waals surface area contributed by atoms with Gasteiger partial charge in [-0.05, 0) is 60.9 Å². The molecule has 0 spiro atoms. The fourth-order valence-electron chi connectivity index (χ4n) is 2.71. The van der Waals surface area contributed by atoms with Crippen molar-refractivity contribution < 1.29 is 19.0 Å². The van der Waals surface area contributed by atoms with Gasteiger partial charge in [0, 0.05) is 5.56 Å². The van der Waals surface area contributed by atoms with Crippen molar-refractivity contribution in [1.82, 2.24) is 0 Å². The zero-order valence-corrected chi connectivity index (χ0v) is 14.0. The third kappa shape index (κ3) is 3.01. The maximum Gasteiger partial charge on any atom is 0.363 e. The SMILES string of the molecule is Cc1ccc(C2=N/C(=C\c3ccc4c(c3)OCCO4)C(=O)O2)cc1C. The predicted molar refractivity (Wildman–Crippen MR) is 94.0 cm³/mol. The van der Waals surface area contributed by atoms with E-state index in [2.05, 4.69) is 4.99 Å². The van der Waals surface area contributed by atoms with E-state index >= 15 is 0 Å². The van der Waals surface area contributed by atoms with Crippen LogP contribution in [0.2, 0.25) is 0 Å². The minimum atomic E-state index is -0.455. The first-order valence-corrected chi connectivity index (χ1v) is 8.10. The monoisotopic (exact) mass is 335 g/mol. The summed E-state index contributed by atoms with van der Waals surface area (Å²) < 4.78 is 16.4. The van der Waals surface area contributed by atoms with Crippen LogP contribution in [0.5, 0.6) is 11.5 Å². The second-order valence-corrected chi connectivity index (χ2v) is 6.04. The summed E-state index contributed by atoms with van der Waals surface area (Å²) in [6, 6.07) is 11.4. The highest BCUT2D eigenvalue weighted by atomic mass is 16.6. The Kier molecular flexibility index (Phi) is 3.76. The molecule has 0 aliphatic carbocycles. The predicted octanol–water partition coefficient (Wildman–Crippen LogP) is 3.42. The summed E-state index contributed by atoms with van der Waals surface area (Å²) in [5.41, 5.74) is 4.18. The lowest BCUT2D eigenvalue weighted by Crippen LogP contribution is -2.15. The normalized spacial score (nSPS) is 17.4. The van der Waals surface area contributed by atoms with Crippen LogP contribution in [-0.2, 0) is 9.53 Å². The molecule has 0 N–H and O–H groups in total. The molecule has 0 saturated heterocycles. The first-order valence-electron chi connectivity index (χ1n) is 8.10. The summed E-state index contributed by atoms with van der Waals surface area (Å²) in [5.74, 6) is 1.26. The molecule has 0 atom stereocenters. The highest BCUT2D eigenvalue weighted by Gasteiger charge is 2.24. The van der Waals surface area contributed by atoms with Gasteiger partial charge in [0.2, 0.25) is 5.90 Å². The van der Waals surface area contributed by atoms with Crippen LogP contribution in [0.3, 0.4) is 0 Å². The summed E-state index contributed by atoms with van der Waals surface area (Å²) in [5, 5.41) is 0. The molecule has 25 heavy (non-hydrogen) atoms. The molecule has 0 radical (unpaired) electrons. The fraction of sp³-hybridized carbons (Fsp3) is 0.200. The van der Waals surface area contributed by atoms with E-state index in [0.29, 0.717) is 30.6 Å². The number of carbonyl (C=O) groups is 1. The van der Waals surface area contributed by atoms with Crippen LogP contribution >= 0.6 is 0 Å². The highest BCUT2D eigenvalue weighted by Crippen LogP contribution is 2.32. The number of esters is 1. The highest BCUT2D eigenvalue weighted by molar-refractivity contribution is 6.12. The lowest BCUT2D eigenvalue weighted by atomic mass is 10.1. The molecule has 5 heteroatoms. The van der Waals surface area contributed by atoms with E-state index in [9.17, 15) is 4.79 Å². The average Bonchev–Trinajstić information content (AvgIpc) is 2.98. The summed E-state index contributed by atoms with van der Waals surface area (Å²) in [4.78, 5) is 16.5. The number of hydrogen-bond donors (Lipinski definition) is 0. The Morgan fingerprint density at radius 1 is 0.960 bits per heavy atom. The summed E-state index contributed by atoms with van der Waals surface area (Å²) in [7, 11) is 0. The number of ether oxygens (including phenoxy) is 3. The maximum atomic E-state index is 12.1. The van der Waals surface area contributed by atoms with Crippen molar-refractivity contribution in [2.24, 2.45) is 4.99 Å². The summed E-state index contributed by atoms with van der Waals surface area (Å²) in [6.07, 6.45) is 1.69. The van der Waals surface area contributed by atoms with Crippen LogP contribution in [0.4, 0.5) is 0 Å². The van der Waals surface area contributed by atoms with Crippen LogP contribution in [-0.4, -0.2) is 25.1 Å². The topological polar surface area (TPSA) is 57.1 Å². The largest absolute Gasteiger partial charge is 0.486 e. The Labute approximate surface area is 145 Å². The molecule has 4 rings (SSSR count). The molecule has 2 aliphatic heterocycles. The van der Waals surface area contributed by atoms with Gasteiger partial charge in [0.05, 0.1) is 0 Å². The standard InChI is InChI=1S/C20H17NO4/c1-12-3-5-15(9-13(12)2)19-21-16(20(22)25-19)10-14-4-6-17-18(11-14)24-8-7-23-17/h3-6,9-11H,7-8H2,1-2H3/b16-10-. The molecule has 126 valence electrons. The van der Waals surface area contributed by atoms with Crippen molar-refractivity contribution in [1.29, 1.82) is 0 Å². The van der Waals surface area contributed by atoms with Gasteiger partial charge in [0.25, 0.3) is 0 Å². The van der Waals surface area contributed by atoms with Gasteiger partial charge in [-0.2, -0.15) is 0 Å². The van der Waals surface area contributed by atoms with E-state index in [1.807, 2.05) is 50.2 Å². The molecule has 2 heterocycles. The zero-order chi connectivity index (χ0) is 17.4. The number of nitrogens with zero attached hydrogens (tertiary/aromatic N) is 1. The van der Waals surface area contributed by atoms with Gasteiger partial charge >= 0.3 is 5.97 Å². The lowest BCUT2D eigenvalue weighted by molar-refractivity contribution is -0.129. The van der Waals surface area contributed by atoms with Crippen LogP contribution in [0.1, 0.15) is 22.3 Å². The number of cyclic esters (lactones) is 1. The molecule has 2 aliphatic rings. The number of carbonyl (C=O) groups excluding carboxylic acids is 1. The molecule has 0 saturated carbocycles. The average molecular weight is 335 g/mol. The number of hydrogen-bond acceptors (Lipinski definition) is 5. The molecule has 2 aromatic rings. The van der Waals surface area contributed by atoms with Gasteiger partial charge in [-0.15, -0.1) is 0 Å². The third-order valence-electron chi connectivity index (χ3n) is 4.24. The van der Waals surface area contributed by atoms with E-state index in [4.69, 9.17) is 14.2 Å². The minimum absolute atomic E-state index is 0.268. The van der Waals surface area contributed by atoms with E-state index in [-0.39, 0.29) is 5.70 Å². The summed E-state index contributed by atoms with van der Waals surface area (Å²) >= 11 is 0. The molecular weight excluding hydrogens is 318 g/mol. The van der Waals surface area contributed by atoms with Gasteiger partial charge in [0.15, 0.2) is 17.2 Å². The zero-order valence-electron chi connectivity index (χ0n) is 14.0. The van der Waals surface area contributed by atoms with Crippen molar-refractivity contribution in [3.05, 3.63) is 64.3 Å². The Bertz CT molecular complexity index is 927. The Morgan fingerprint density at radius 3 is 2.56 bits per heavy atom. The minimum Gasteiger partial charge on any atom is -0.486 e. The number of rotatable bonds is 2. The van der Waals surface area contributed by atoms with Crippen molar-refractivity contribution in [2.45, 2.75) is 13.8 Å². The van der Waals surface area contributed by atoms with Gasteiger partial charge in [-0.3, -0.25) is 0 Å². The third-order valence-corrected chi connectivity index (χ3v) is 4.24. The molecule has 0 bridgehead atoms. The fourth-order valence-corrected chi connectivity index (χ4v) is 2.71. The van der Waals surface area contributed by atoms with Gasteiger partial charge in [0.1, 0.15) is 13.2 Å². The lowest BCUT2D eigenvalue weighted by Gasteiger charge is -2.18. The van der Waals surface area contributed by atoms with Crippen molar-refractivity contribution in [2.75, 3.05) is 13.2 Å². The van der Waals surface area contributed by atoms with Crippen LogP contribution in [0.15, 0.2) is 47.1 Å². The molecule has 0 unspecified atom stereocenters. The van der Waals surface area contributed by atoms with Crippen molar-refractivity contribution in [3.63, 3.8) is 0 Å². The van der Waals surface area contributed by atoms with Crippen molar-refractivity contribution in [3.8, 4) is 11.5 Å². The van der Waals surface area contributed by atoms with Gasteiger partial charge < -0.3 is 14.2 Å². The smallest absolute Gasteiger partial charge is 0.363 e. The molecule has 0 aromatic heterocycles. The number of fused-ring (bicyclic) bond motifs is 1. The number of aryl methyl sites for hydroxylation is 2. The number of aliphatic imine (C=N–C) groups is 1. The van der Waals surface area contributed by atoms with Gasteiger partial charge in [-0.25, -0.2) is 9.79 Å². The van der Waals surface area contributed by atoms with Crippen LogP contribution in [0, 0.1) is 13.8 Å².